The maximum absolute atomic E-state index is 15.0. The van der Waals surface area contributed by atoms with Crippen LogP contribution in [-0.4, -0.2) is 28.9 Å². The Hall–Kier alpha value is -2.02. The number of ether oxygens (including phenoxy) is 2. The molecule has 0 saturated heterocycles. The zero-order chi connectivity index (χ0) is 23.0. The molecule has 0 aromatic heterocycles. The molecule has 0 bridgehead atoms. The van der Waals surface area contributed by atoms with Crippen molar-refractivity contribution in [2.24, 2.45) is 10.9 Å². The van der Waals surface area contributed by atoms with Gasteiger partial charge in [-0.2, -0.15) is 0 Å². The second-order valence-corrected chi connectivity index (χ2v) is 10.3. The fourth-order valence-electron chi connectivity index (χ4n) is 3.40. The highest BCUT2D eigenvalue weighted by molar-refractivity contribution is 9.10. The van der Waals surface area contributed by atoms with Crippen LogP contribution in [-0.2, 0) is 19.1 Å². The summed E-state index contributed by atoms with van der Waals surface area (Å²) in [5.41, 5.74) is -0.279. The van der Waals surface area contributed by atoms with Crippen molar-refractivity contribution in [3.8, 4) is 0 Å². The van der Waals surface area contributed by atoms with E-state index >= 15 is 4.39 Å². The third kappa shape index (κ3) is 5.78. The van der Waals surface area contributed by atoms with Crippen molar-refractivity contribution in [3.05, 3.63) is 45.3 Å². The van der Waals surface area contributed by atoms with Gasteiger partial charge in [0.25, 0.3) is 0 Å². The van der Waals surface area contributed by atoms with Crippen molar-refractivity contribution in [3.63, 3.8) is 0 Å². The van der Waals surface area contributed by atoms with Gasteiger partial charge in [0.1, 0.15) is 22.9 Å². The first-order chi connectivity index (χ1) is 13.6. The Labute approximate surface area is 185 Å². The Kier molecular flexibility index (Phi) is 6.96. The molecule has 2 atom stereocenters. The fraction of sp³-hybridized carbons (Fsp3) is 0.522. The standard InChI is InChI=1S/C23H29BrFNO4/c1-12-17(20(27)29-22(3,4)5)19(15-10-9-14(24)11-16(15)25)18(13(2)26-12)21(28)30-23(6,7)8/h9-11,17,19H,1-8H3. The Morgan fingerprint density at radius 3 is 2.10 bits per heavy atom. The minimum absolute atomic E-state index is 0.160. The van der Waals surface area contributed by atoms with Crippen LogP contribution in [0.1, 0.15) is 66.9 Å². The number of benzene rings is 1. The Bertz CT molecular complexity index is 922. The smallest absolute Gasteiger partial charge is 0.337 e. The molecule has 2 rings (SSSR count). The van der Waals surface area contributed by atoms with Crippen molar-refractivity contribution >= 4 is 33.6 Å². The Morgan fingerprint density at radius 1 is 1.03 bits per heavy atom. The lowest BCUT2D eigenvalue weighted by atomic mass is 9.75. The van der Waals surface area contributed by atoms with Gasteiger partial charge in [0.2, 0.25) is 0 Å². The first-order valence-corrected chi connectivity index (χ1v) is 10.6. The summed E-state index contributed by atoms with van der Waals surface area (Å²) >= 11 is 3.25. The van der Waals surface area contributed by atoms with Crippen molar-refractivity contribution in [2.45, 2.75) is 72.5 Å². The number of nitrogens with zero attached hydrogens (tertiary/aromatic N) is 1. The molecule has 1 aromatic rings. The molecule has 0 amide bonds. The molecule has 5 nitrogen and oxygen atoms in total. The quantitative estimate of drug-likeness (QED) is 0.517. The highest BCUT2D eigenvalue weighted by Gasteiger charge is 2.45. The van der Waals surface area contributed by atoms with Crippen LogP contribution in [0.4, 0.5) is 4.39 Å². The van der Waals surface area contributed by atoms with Gasteiger partial charge in [0.05, 0.1) is 5.57 Å². The Morgan fingerprint density at radius 2 is 1.60 bits per heavy atom. The average molecular weight is 482 g/mol. The summed E-state index contributed by atoms with van der Waals surface area (Å²) in [6.07, 6.45) is 0. The lowest BCUT2D eigenvalue weighted by Gasteiger charge is -2.34. The predicted octanol–water partition coefficient (Wildman–Crippen LogP) is 5.72. The first-order valence-electron chi connectivity index (χ1n) is 9.78. The highest BCUT2D eigenvalue weighted by Crippen LogP contribution is 2.42. The zero-order valence-corrected chi connectivity index (χ0v) is 20.3. The summed E-state index contributed by atoms with van der Waals surface area (Å²) in [6.45, 7) is 13.9. The second-order valence-electron chi connectivity index (χ2n) is 9.41. The summed E-state index contributed by atoms with van der Waals surface area (Å²) in [6, 6.07) is 4.55. The van der Waals surface area contributed by atoms with Crippen LogP contribution in [0, 0.1) is 11.7 Å². The second kappa shape index (κ2) is 8.61. The molecule has 0 spiro atoms. The number of rotatable bonds is 3. The van der Waals surface area contributed by atoms with E-state index in [0.29, 0.717) is 15.9 Å². The van der Waals surface area contributed by atoms with Crippen LogP contribution in [0.5, 0.6) is 0 Å². The van der Waals surface area contributed by atoms with Crippen LogP contribution in [0.15, 0.2) is 38.9 Å². The van der Waals surface area contributed by atoms with Gasteiger partial charge in [-0.05, 0) is 73.1 Å². The van der Waals surface area contributed by atoms with Crippen molar-refractivity contribution < 1.29 is 23.5 Å². The van der Waals surface area contributed by atoms with E-state index < -0.39 is 40.8 Å². The van der Waals surface area contributed by atoms with Gasteiger partial charge in [-0.3, -0.25) is 9.79 Å². The first kappa shape index (κ1) is 24.3. The van der Waals surface area contributed by atoms with Gasteiger partial charge in [0, 0.05) is 21.8 Å². The molecule has 2 unspecified atom stereocenters. The minimum atomic E-state index is -0.953. The lowest BCUT2D eigenvalue weighted by Crippen LogP contribution is -2.40. The minimum Gasteiger partial charge on any atom is -0.459 e. The molecule has 0 fully saturated rings. The maximum Gasteiger partial charge on any atom is 0.337 e. The van der Waals surface area contributed by atoms with E-state index in [-0.39, 0.29) is 11.1 Å². The van der Waals surface area contributed by atoms with Crippen LogP contribution < -0.4 is 0 Å². The summed E-state index contributed by atoms with van der Waals surface area (Å²) in [5, 5.41) is 0. The third-order valence-electron chi connectivity index (χ3n) is 4.41. The predicted molar refractivity (Wildman–Crippen MR) is 118 cm³/mol. The number of hydrogen-bond donors (Lipinski definition) is 0. The van der Waals surface area contributed by atoms with E-state index in [9.17, 15) is 9.59 Å². The average Bonchev–Trinajstić information content (AvgIpc) is 2.50. The number of carbonyl (C=O) groups excluding carboxylic acids is 2. The van der Waals surface area contributed by atoms with Crippen LogP contribution in [0.25, 0.3) is 0 Å². The number of carbonyl (C=O) groups is 2. The molecule has 0 aliphatic carbocycles. The molecule has 1 aromatic carbocycles. The number of aliphatic imine (C=N–C) groups is 1. The monoisotopic (exact) mass is 481 g/mol. The van der Waals surface area contributed by atoms with Crippen molar-refractivity contribution in [2.75, 3.05) is 0 Å². The molecule has 164 valence electrons. The number of esters is 2. The van der Waals surface area contributed by atoms with Gasteiger partial charge in [-0.25, -0.2) is 9.18 Å². The molecular formula is C23H29BrFNO4. The molecule has 1 aliphatic rings. The van der Waals surface area contributed by atoms with E-state index in [1.54, 1.807) is 67.5 Å². The molecule has 0 radical (unpaired) electrons. The Balaban J connectivity index is 2.69. The van der Waals surface area contributed by atoms with Gasteiger partial charge in [0.15, 0.2) is 0 Å². The fourth-order valence-corrected chi connectivity index (χ4v) is 3.73. The normalized spacial score (nSPS) is 20.0. The molecule has 7 heteroatoms. The van der Waals surface area contributed by atoms with E-state index in [2.05, 4.69) is 20.9 Å². The van der Waals surface area contributed by atoms with Crippen molar-refractivity contribution in [1.29, 1.82) is 0 Å². The third-order valence-corrected chi connectivity index (χ3v) is 4.90. The molecule has 1 heterocycles. The van der Waals surface area contributed by atoms with E-state index in [4.69, 9.17) is 9.47 Å². The van der Waals surface area contributed by atoms with Crippen LogP contribution >= 0.6 is 15.9 Å². The van der Waals surface area contributed by atoms with E-state index in [0.717, 1.165) is 0 Å². The van der Waals surface area contributed by atoms with Crippen LogP contribution in [0.2, 0.25) is 0 Å². The maximum atomic E-state index is 15.0. The van der Waals surface area contributed by atoms with Gasteiger partial charge < -0.3 is 9.47 Å². The van der Waals surface area contributed by atoms with E-state index in [1.165, 1.54) is 6.07 Å². The van der Waals surface area contributed by atoms with Gasteiger partial charge >= 0.3 is 11.9 Å². The van der Waals surface area contributed by atoms with Crippen LogP contribution in [0.3, 0.4) is 0 Å². The van der Waals surface area contributed by atoms with Crippen molar-refractivity contribution in [1.82, 2.24) is 0 Å². The number of halogens is 2. The molecule has 1 aliphatic heterocycles. The molecule has 0 N–H and O–H groups in total. The lowest BCUT2D eigenvalue weighted by molar-refractivity contribution is -0.158. The van der Waals surface area contributed by atoms with Gasteiger partial charge in [-0.1, -0.05) is 22.0 Å². The summed E-state index contributed by atoms with van der Waals surface area (Å²) in [4.78, 5) is 30.7. The number of allylic oxidation sites excluding steroid dienone is 1. The molecule has 0 saturated carbocycles. The highest BCUT2D eigenvalue weighted by atomic mass is 79.9. The van der Waals surface area contributed by atoms with E-state index in [1.807, 2.05) is 0 Å². The summed E-state index contributed by atoms with van der Waals surface area (Å²) < 4.78 is 26.8. The molecule has 30 heavy (non-hydrogen) atoms. The zero-order valence-electron chi connectivity index (χ0n) is 18.7. The van der Waals surface area contributed by atoms with Gasteiger partial charge in [-0.15, -0.1) is 0 Å². The number of hydrogen-bond acceptors (Lipinski definition) is 5. The largest absolute Gasteiger partial charge is 0.459 e. The SMILES string of the molecule is CC1=NC(C)=C(C(=O)OC(C)(C)C)C(c2ccc(Br)cc2F)C1C(=O)OC(C)(C)C. The summed E-state index contributed by atoms with van der Waals surface area (Å²) in [7, 11) is 0. The topological polar surface area (TPSA) is 65.0 Å². The summed E-state index contributed by atoms with van der Waals surface area (Å²) in [5.74, 6) is -3.60. The molecular weight excluding hydrogens is 453 g/mol.